The summed E-state index contributed by atoms with van der Waals surface area (Å²) < 4.78 is 1.46. The summed E-state index contributed by atoms with van der Waals surface area (Å²) in [7, 11) is 0. The van der Waals surface area contributed by atoms with Crippen LogP contribution in [0.4, 0.5) is 0 Å². The van der Waals surface area contributed by atoms with Crippen molar-refractivity contribution < 1.29 is 49.0 Å². The van der Waals surface area contributed by atoms with Gasteiger partial charge >= 0.3 is 70.3 Å². The third kappa shape index (κ3) is 11.2. The van der Waals surface area contributed by atoms with Crippen LogP contribution in [0.25, 0.3) is 21.5 Å². The topological polar surface area (TPSA) is 0 Å². The molecule has 0 spiro atoms. The fourth-order valence-electron chi connectivity index (χ4n) is 5.50. The molecule has 0 radical (unpaired) electrons. The molecule has 5 rings (SSSR count). The molecule has 1 unspecified atom stereocenters. The van der Waals surface area contributed by atoms with Gasteiger partial charge in [-0.25, -0.2) is 5.57 Å². The maximum Gasteiger partial charge on any atom is -1.00 e. The quantitative estimate of drug-likeness (QED) is 0.221. The summed E-state index contributed by atoms with van der Waals surface area (Å²) in [6.07, 6.45) is 8.28. The summed E-state index contributed by atoms with van der Waals surface area (Å²) in [5.74, 6) is 0.573. The van der Waals surface area contributed by atoms with E-state index in [9.17, 15) is 0 Å². The Morgan fingerprint density at radius 1 is 0.711 bits per heavy atom. The van der Waals surface area contributed by atoms with Gasteiger partial charge in [-0.2, -0.15) is 11.6 Å². The number of fused-ring (bicyclic) bond motifs is 3. The van der Waals surface area contributed by atoms with E-state index in [-0.39, 0.29) is 35.6 Å². The second kappa shape index (κ2) is 17.0. The number of hydrogen-bond acceptors (Lipinski definition) is 0. The Balaban J connectivity index is 0.000000363. The molecule has 0 heterocycles. The molecule has 0 N–H and O–H groups in total. The van der Waals surface area contributed by atoms with Crippen molar-refractivity contribution in [3.8, 4) is 0 Å². The molecule has 0 bridgehead atoms. The van der Waals surface area contributed by atoms with E-state index in [0.717, 1.165) is 6.42 Å². The second-order valence-corrected chi connectivity index (χ2v) is 16.9. The van der Waals surface area contributed by atoms with E-state index >= 15 is 0 Å². The Labute approximate surface area is 302 Å². The molecule has 1 aliphatic carbocycles. The number of hydrogen-bond donors (Lipinski definition) is 0. The first kappa shape index (κ1) is 41.4. The van der Waals surface area contributed by atoms with E-state index in [4.69, 9.17) is 0 Å². The summed E-state index contributed by atoms with van der Waals surface area (Å²) in [5.41, 5.74) is 7.84. The van der Waals surface area contributed by atoms with Crippen molar-refractivity contribution in [2.75, 3.05) is 0 Å². The fraction of sp³-hybridized carbons (Fsp3) is 0.429. The molecule has 4 aromatic rings. The summed E-state index contributed by atoms with van der Waals surface area (Å²) in [6.45, 7) is 27.1. The van der Waals surface area contributed by atoms with Gasteiger partial charge in [-0.1, -0.05) is 136 Å². The average molecular weight is 721 g/mol. The molecular weight excluding hydrogens is 667 g/mol. The molecular formula is C42H54Cl2Zr-2. The zero-order valence-electron chi connectivity index (χ0n) is 29.8. The molecule has 0 amide bonds. The van der Waals surface area contributed by atoms with Gasteiger partial charge in [0, 0.05) is 0 Å². The fourth-order valence-corrected chi connectivity index (χ4v) is 5.91. The number of benzene rings is 3. The van der Waals surface area contributed by atoms with Crippen LogP contribution in [0.1, 0.15) is 113 Å². The third-order valence-corrected chi connectivity index (χ3v) is 9.01. The minimum absolute atomic E-state index is 0. The third-order valence-electron chi connectivity index (χ3n) is 8.30. The van der Waals surface area contributed by atoms with Gasteiger partial charge in [-0.3, -0.25) is 6.08 Å². The first-order chi connectivity index (χ1) is 20.0. The molecule has 0 aliphatic heterocycles. The number of rotatable bonds is 3. The van der Waals surface area contributed by atoms with Crippen LogP contribution in [0.2, 0.25) is 0 Å². The maximum atomic E-state index is 3.57. The van der Waals surface area contributed by atoms with E-state index < -0.39 is 0 Å². The van der Waals surface area contributed by atoms with Crippen LogP contribution in [0.3, 0.4) is 0 Å². The molecule has 0 aromatic heterocycles. The van der Waals surface area contributed by atoms with Crippen LogP contribution in [-0.2, 0) is 35.1 Å². The standard InChI is InChI=1S/C21H25.C13H21.C8H8.2ClH.Zr/c1-20(2,3)16-7-9-18-14(12-16)11-15-13-17(21(4,5)6)8-10-19(15)18;1-6-10-8-11(7-2)12(9-10)13(3,4)5;1-2-8-6-4-3-5-7-8;;;/h7-13H,1-6H3;9-10H,6-7H2,1-5H3;3-7H,1H3;2*1H;/q2*-1;;;;+2/p-2. The van der Waals surface area contributed by atoms with Crippen LogP contribution < -0.4 is 24.8 Å². The van der Waals surface area contributed by atoms with Crippen molar-refractivity contribution in [2.24, 2.45) is 11.3 Å². The van der Waals surface area contributed by atoms with E-state index in [1.807, 2.05) is 6.07 Å². The summed E-state index contributed by atoms with van der Waals surface area (Å²) in [5, 5.41) is 5.48. The van der Waals surface area contributed by atoms with Gasteiger partial charge in [0.2, 0.25) is 0 Å². The summed E-state index contributed by atoms with van der Waals surface area (Å²) in [4.78, 5) is 0. The SMILES string of the molecule is CC(C)(C)c1ccc2c(c1)[cH-]c1cc(C(C)(C)C)ccc12.CCC1=[C-]C(CC)C=C1C(C)(C)C.C[C](=[Zr+2])c1ccccc1.[Cl-].[Cl-]. The molecule has 1 atom stereocenters. The normalized spacial score (nSPS) is 14.7. The van der Waals surface area contributed by atoms with Gasteiger partial charge in [-0.15, -0.1) is 39.7 Å². The zero-order chi connectivity index (χ0) is 32.2. The average Bonchev–Trinajstić information content (AvgIpc) is 3.54. The van der Waals surface area contributed by atoms with Crippen LogP contribution in [0, 0.1) is 17.4 Å². The minimum Gasteiger partial charge on any atom is -1.00 e. The number of allylic oxidation sites excluding steroid dienone is 4. The van der Waals surface area contributed by atoms with Crippen LogP contribution in [-0.4, -0.2) is 3.21 Å². The van der Waals surface area contributed by atoms with E-state index in [1.165, 1.54) is 83.2 Å². The van der Waals surface area contributed by atoms with Crippen molar-refractivity contribution >= 4 is 24.8 Å². The summed E-state index contributed by atoms with van der Waals surface area (Å²) >= 11 is 1.51. The largest absolute Gasteiger partial charge is 1.00 e. The zero-order valence-corrected chi connectivity index (χ0v) is 33.7. The molecule has 0 saturated carbocycles. The minimum atomic E-state index is 0. The molecule has 3 heteroatoms. The molecule has 0 nitrogen and oxygen atoms in total. The summed E-state index contributed by atoms with van der Waals surface area (Å²) in [6, 6.07) is 26.7. The van der Waals surface area contributed by atoms with Gasteiger partial charge in [0.15, 0.2) is 0 Å². The van der Waals surface area contributed by atoms with E-state index in [0.29, 0.717) is 11.3 Å². The van der Waals surface area contributed by atoms with Crippen LogP contribution in [0.15, 0.2) is 90.0 Å². The smallest absolute Gasteiger partial charge is 1.00 e. The van der Waals surface area contributed by atoms with Crippen LogP contribution in [0.5, 0.6) is 0 Å². The molecule has 1 aliphatic rings. The van der Waals surface area contributed by atoms with Gasteiger partial charge < -0.3 is 24.8 Å². The van der Waals surface area contributed by atoms with Crippen molar-refractivity contribution in [3.05, 3.63) is 113 Å². The first-order valence-electron chi connectivity index (χ1n) is 16.1. The Hall–Kier alpha value is -1.66. The Morgan fingerprint density at radius 2 is 1.18 bits per heavy atom. The molecule has 242 valence electrons. The van der Waals surface area contributed by atoms with Gasteiger partial charge in [-0.05, 0) is 10.8 Å². The molecule has 4 aromatic carbocycles. The van der Waals surface area contributed by atoms with E-state index in [2.05, 4.69) is 162 Å². The van der Waals surface area contributed by atoms with Crippen molar-refractivity contribution in [3.63, 3.8) is 0 Å². The Kier molecular flexibility index (Phi) is 15.6. The van der Waals surface area contributed by atoms with Gasteiger partial charge in [0.1, 0.15) is 0 Å². The van der Waals surface area contributed by atoms with E-state index in [1.54, 1.807) is 0 Å². The molecule has 0 saturated heterocycles. The van der Waals surface area contributed by atoms with Gasteiger partial charge in [0.25, 0.3) is 0 Å². The Bertz CT molecular complexity index is 1530. The second-order valence-electron chi connectivity index (χ2n) is 15.1. The first-order valence-corrected chi connectivity index (χ1v) is 17.3. The van der Waals surface area contributed by atoms with Crippen LogP contribution >= 0.6 is 0 Å². The Morgan fingerprint density at radius 3 is 1.49 bits per heavy atom. The predicted molar refractivity (Wildman–Crippen MR) is 189 cm³/mol. The van der Waals surface area contributed by atoms with Crippen molar-refractivity contribution in [2.45, 2.75) is 107 Å². The van der Waals surface area contributed by atoms with Crippen molar-refractivity contribution in [1.82, 2.24) is 0 Å². The number of halogens is 2. The van der Waals surface area contributed by atoms with Gasteiger partial charge in [0.05, 0.1) is 0 Å². The molecule has 0 fully saturated rings. The predicted octanol–water partition coefficient (Wildman–Crippen LogP) is 6.23. The molecule has 45 heavy (non-hydrogen) atoms. The monoisotopic (exact) mass is 718 g/mol. The van der Waals surface area contributed by atoms with Crippen molar-refractivity contribution in [1.29, 1.82) is 0 Å². The maximum absolute atomic E-state index is 3.57.